The first-order valence-corrected chi connectivity index (χ1v) is 9.48. The van der Waals surface area contributed by atoms with Crippen molar-refractivity contribution in [3.05, 3.63) is 23.3 Å². The van der Waals surface area contributed by atoms with Crippen molar-refractivity contribution >= 4 is 5.78 Å². The van der Waals surface area contributed by atoms with Gasteiger partial charge < -0.3 is 29.7 Å². The molecule has 2 aliphatic carbocycles. The highest BCUT2D eigenvalue weighted by atomic mass is 16.5. The molecule has 5 rings (SSSR count). The van der Waals surface area contributed by atoms with Crippen LogP contribution in [0.3, 0.4) is 0 Å². The fourth-order valence-electron chi connectivity index (χ4n) is 5.69. The number of Topliss-reactive ketones (excluding diaryl/α,β-unsaturated/α-hetero) is 1. The van der Waals surface area contributed by atoms with Crippen molar-refractivity contribution in [1.82, 2.24) is 4.90 Å². The number of aliphatic hydroxyl groups excluding tert-OH is 2. The van der Waals surface area contributed by atoms with Crippen molar-refractivity contribution in [1.29, 1.82) is 0 Å². The van der Waals surface area contributed by atoms with Gasteiger partial charge >= 0.3 is 0 Å². The molecule has 2 aliphatic heterocycles. The van der Waals surface area contributed by atoms with Gasteiger partial charge in [0.25, 0.3) is 0 Å². The average Bonchev–Trinajstić information content (AvgIpc) is 3.03. The molecule has 3 N–H and O–H groups in total. The minimum atomic E-state index is -0.900. The zero-order valence-corrected chi connectivity index (χ0v) is 15.8. The summed E-state index contributed by atoms with van der Waals surface area (Å²) in [6, 6.07) is 4.05. The molecule has 0 unspecified atom stereocenters. The van der Waals surface area contributed by atoms with Gasteiger partial charge in [-0.1, -0.05) is 6.07 Å². The number of ether oxygens (including phenoxy) is 2. The van der Waals surface area contributed by atoms with E-state index in [0.717, 1.165) is 24.9 Å². The van der Waals surface area contributed by atoms with Gasteiger partial charge in [0.15, 0.2) is 23.4 Å². The Labute approximate surface area is 158 Å². The number of aliphatic hydroxyl groups is 3. The number of piperidine rings is 1. The Morgan fingerprint density at radius 1 is 1.30 bits per heavy atom. The van der Waals surface area contributed by atoms with E-state index in [2.05, 4.69) is 18.0 Å². The summed E-state index contributed by atoms with van der Waals surface area (Å²) < 4.78 is 11.6. The second-order valence-electron chi connectivity index (χ2n) is 7.89. The summed E-state index contributed by atoms with van der Waals surface area (Å²) in [5.74, 6) is 1.47. The van der Waals surface area contributed by atoms with Crippen LogP contribution in [0.4, 0.5) is 0 Å². The van der Waals surface area contributed by atoms with E-state index in [0.29, 0.717) is 24.3 Å². The van der Waals surface area contributed by atoms with Crippen molar-refractivity contribution in [2.45, 2.75) is 48.8 Å². The van der Waals surface area contributed by atoms with Gasteiger partial charge in [-0.2, -0.15) is 0 Å². The molecule has 1 saturated carbocycles. The van der Waals surface area contributed by atoms with Crippen molar-refractivity contribution in [2.75, 3.05) is 33.9 Å². The summed E-state index contributed by atoms with van der Waals surface area (Å²) in [4.78, 5) is 14.9. The molecule has 2 heterocycles. The van der Waals surface area contributed by atoms with Gasteiger partial charge in [0.2, 0.25) is 0 Å². The minimum absolute atomic E-state index is 0.0438. The van der Waals surface area contributed by atoms with E-state index in [1.807, 2.05) is 6.07 Å². The predicted octanol–water partition coefficient (Wildman–Crippen LogP) is 0.0192. The largest absolute Gasteiger partial charge is 0.493 e. The van der Waals surface area contributed by atoms with Gasteiger partial charge in [-0.05, 0) is 44.5 Å². The molecule has 1 aromatic rings. The van der Waals surface area contributed by atoms with Gasteiger partial charge in [0, 0.05) is 18.0 Å². The lowest BCUT2D eigenvalue weighted by Gasteiger charge is -2.62. The summed E-state index contributed by atoms with van der Waals surface area (Å²) >= 11 is 0. The molecule has 148 valence electrons. The number of ketones is 1. The van der Waals surface area contributed by atoms with E-state index in [1.54, 1.807) is 7.11 Å². The van der Waals surface area contributed by atoms with Crippen LogP contribution < -0.4 is 9.47 Å². The minimum Gasteiger partial charge on any atom is -0.493 e. The zero-order chi connectivity index (χ0) is 19.4. The van der Waals surface area contributed by atoms with E-state index < -0.39 is 17.1 Å². The van der Waals surface area contributed by atoms with E-state index >= 15 is 0 Å². The Kier molecular flexibility index (Phi) is 4.46. The second-order valence-corrected chi connectivity index (χ2v) is 7.89. The number of hydrogen-bond acceptors (Lipinski definition) is 7. The highest BCUT2D eigenvalue weighted by molar-refractivity contribution is 5.90. The Bertz CT molecular complexity index is 765. The van der Waals surface area contributed by atoms with Crippen LogP contribution >= 0.6 is 0 Å². The number of nitrogens with zero attached hydrogens (tertiary/aromatic N) is 1. The zero-order valence-electron chi connectivity index (χ0n) is 15.8. The Morgan fingerprint density at radius 2 is 2.04 bits per heavy atom. The number of hydrogen-bond donors (Lipinski definition) is 3. The Morgan fingerprint density at radius 3 is 2.70 bits per heavy atom. The van der Waals surface area contributed by atoms with Crippen LogP contribution in [0.1, 0.15) is 30.4 Å². The van der Waals surface area contributed by atoms with Gasteiger partial charge in [-0.25, -0.2) is 0 Å². The number of benzene rings is 1. The monoisotopic (exact) mass is 377 g/mol. The molecule has 2 fully saturated rings. The fourth-order valence-corrected chi connectivity index (χ4v) is 5.69. The highest BCUT2D eigenvalue weighted by Gasteiger charge is 2.72. The van der Waals surface area contributed by atoms with E-state index in [1.165, 1.54) is 5.56 Å². The van der Waals surface area contributed by atoms with Crippen molar-refractivity contribution in [2.24, 2.45) is 0 Å². The Hall–Kier alpha value is -1.67. The number of carbonyl (C=O) groups is 1. The molecule has 1 aromatic carbocycles. The van der Waals surface area contributed by atoms with Crippen LogP contribution in [-0.4, -0.2) is 77.7 Å². The molecular formula is C20H27NO6. The van der Waals surface area contributed by atoms with Crippen molar-refractivity contribution in [3.63, 3.8) is 0 Å². The maximum atomic E-state index is 12.7. The molecule has 7 heteroatoms. The molecule has 4 aliphatic rings. The summed E-state index contributed by atoms with van der Waals surface area (Å²) in [5.41, 5.74) is 0.737. The van der Waals surface area contributed by atoms with Crippen LogP contribution in [0.15, 0.2) is 12.1 Å². The topological polar surface area (TPSA) is 99.5 Å². The lowest BCUT2D eigenvalue weighted by molar-refractivity contribution is -0.185. The first kappa shape index (κ1) is 18.7. The number of rotatable bonds is 2. The summed E-state index contributed by atoms with van der Waals surface area (Å²) in [6.45, 7) is 0.621. The average molecular weight is 377 g/mol. The van der Waals surface area contributed by atoms with Crippen LogP contribution in [0.25, 0.3) is 0 Å². The van der Waals surface area contributed by atoms with Gasteiger partial charge in [0.1, 0.15) is 0 Å². The summed E-state index contributed by atoms with van der Waals surface area (Å²) in [6.07, 6.45) is 1.89. The molecular weight excluding hydrogens is 350 g/mol. The fraction of sp³-hybridized carbons (Fsp3) is 0.650. The number of methoxy groups -OCH3 is 1. The molecule has 0 amide bonds. The lowest BCUT2D eigenvalue weighted by Crippen LogP contribution is -2.76. The van der Waals surface area contributed by atoms with Gasteiger partial charge in [0.05, 0.1) is 31.3 Å². The van der Waals surface area contributed by atoms with Crippen LogP contribution in [0, 0.1) is 0 Å². The molecule has 27 heavy (non-hydrogen) atoms. The standard InChI is InChI=1S/C18H21NO4.C2H6O2/c1-19-8-7-17-14-10-3-4-12(22-2)15(14)23-16(17)11(20)5-6-18(17,21)13(19)9-10;3-1-2-4/h3-4,13,16,21H,5-9H2,1-2H3;3-4H,1-2H2/t13-,16+,17+,18-;/m1./s1. The molecule has 1 spiro atoms. The van der Waals surface area contributed by atoms with E-state index in [-0.39, 0.29) is 25.0 Å². The quantitative estimate of drug-likeness (QED) is 0.668. The number of likely N-dealkylation sites (tertiary alicyclic amines) is 1. The van der Waals surface area contributed by atoms with Crippen LogP contribution in [0.5, 0.6) is 11.5 Å². The van der Waals surface area contributed by atoms with Crippen LogP contribution in [-0.2, 0) is 16.6 Å². The Balaban J connectivity index is 0.000000413. The van der Waals surface area contributed by atoms with Gasteiger partial charge in [-0.3, -0.25) is 4.79 Å². The van der Waals surface area contributed by atoms with E-state index in [4.69, 9.17) is 19.7 Å². The van der Waals surface area contributed by atoms with Crippen molar-refractivity contribution < 1.29 is 29.6 Å². The number of likely N-dealkylation sites (N-methyl/N-ethyl adjacent to an activating group) is 1. The first-order chi connectivity index (χ1) is 12.9. The molecule has 7 nitrogen and oxygen atoms in total. The molecule has 0 radical (unpaired) electrons. The smallest absolute Gasteiger partial charge is 0.174 e. The summed E-state index contributed by atoms with van der Waals surface area (Å²) in [5, 5.41) is 27.0. The predicted molar refractivity (Wildman–Crippen MR) is 97.2 cm³/mol. The van der Waals surface area contributed by atoms with Crippen LogP contribution in [0.2, 0.25) is 0 Å². The molecule has 4 atom stereocenters. The van der Waals surface area contributed by atoms with Gasteiger partial charge in [-0.15, -0.1) is 0 Å². The lowest BCUT2D eigenvalue weighted by atomic mass is 9.49. The SMILES string of the molecule is COc1ccc2c3c1O[C@H]1C(=O)CC[C@@]4(O)[C@@H](C2)N(C)CC[C@]314.OCCO. The molecule has 0 aromatic heterocycles. The molecule has 1 saturated heterocycles. The third-order valence-corrected chi connectivity index (χ3v) is 6.83. The van der Waals surface area contributed by atoms with Crippen molar-refractivity contribution in [3.8, 4) is 11.5 Å². The third-order valence-electron chi connectivity index (χ3n) is 6.83. The highest BCUT2D eigenvalue weighted by Crippen LogP contribution is 2.64. The van der Waals surface area contributed by atoms with E-state index in [9.17, 15) is 9.90 Å². The number of carbonyl (C=O) groups excluding carboxylic acids is 1. The molecule has 2 bridgehead atoms. The maximum absolute atomic E-state index is 12.7. The first-order valence-electron chi connectivity index (χ1n) is 9.48. The maximum Gasteiger partial charge on any atom is 0.174 e. The third kappa shape index (κ3) is 2.26. The summed E-state index contributed by atoms with van der Waals surface area (Å²) in [7, 11) is 3.70. The second kappa shape index (κ2) is 6.44. The normalized spacial score (nSPS) is 35.7.